The molecule has 0 aliphatic rings. The summed E-state index contributed by atoms with van der Waals surface area (Å²) in [5.41, 5.74) is 0.302. The van der Waals surface area contributed by atoms with E-state index in [1.54, 1.807) is 42.5 Å². The second kappa shape index (κ2) is 9.12. The molecule has 1 N–H and O–H groups in total. The first-order valence-corrected chi connectivity index (χ1v) is 8.07. The smallest absolute Gasteiger partial charge is 0.354 e. The number of benzene rings is 2. The fourth-order valence-corrected chi connectivity index (χ4v) is 2.36. The standard InChI is InChI=1S/C18H15Cl2NO5/c1-24-17(22)10-14(18(23)25-2)21-13-5-3-4-6-16(13)26-15-8-7-11(19)9-12(15)20/h3-10,21H,1-2H3. The van der Waals surface area contributed by atoms with Crippen molar-refractivity contribution in [3.63, 3.8) is 0 Å². The molecule has 0 spiro atoms. The monoisotopic (exact) mass is 395 g/mol. The third kappa shape index (κ3) is 5.15. The summed E-state index contributed by atoms with van der Waals surface area (Å²) in [7, 11) is 2.40. The van der Waals surface area contributed by atoms with Crippen molar-refractivity contribution in [1.82, 2.24) is 0 Å². The molecule has 0 saturated heterocycles. The number of esters is 2. The second-order valence-electron chi connectivity index (χ2n) is 4.87. The summed E-state index contributed by atoms with van der Waals surface area (Å²) < 4.78 is 15.0. The Kier molecular flexibility index (Phi) is 6.89. The maximum Gasteiger partial charge on any atom is 0.354 e. The van der Waals surface area contributed by atoms with Crippen LogP contribution in [0.25, 0.3) is 0 Å². The first-order chi connectivity index (χ1) is 12.4. The number of halogens is 2. The number of carbonyl (C=O) groups is 2. The maximum absolute atomic E-state index is 11.9. The highest BCUT2D eigenvalue weighted by molar-refractivity contribution is 6.35. The lowest BCUT2D eigenvalue weighted by atomic mass is 10.2. The van der Waals surface area contributed by atoms with Crippen LogP contribution < -0.4 is 10.1 Å². The van der Waals surface area contributed by atoms with Gasteiger partial charge in [-0.25, -0.2) is 9.59 Å². The van der Waals surface area contributed by atoms with Crippen LogP contribution in [-0.2, 0) is 19.1 Å². The van der Waals surface area contributed by atoms with Crippen LogP contribution in [-0.4, -0.2) is 26.2 Å². The molecule has 0 atom stereocenters. The summed E-state index contributed by atoms with van der Waals surface area (Å²) in [5.74, 6) is -0.704. The van der Waals surface area contributed by atoms with Gasteiger partial charge in [-0.1, -0.05) is 35.3 Å². The number of methoxy groups -OCH3 is 2. The first kappa shape index (κ1) is 19.6. The van der Waals surface area contributed by atoms with E-state index in [2.05, 4.69) is 14.8 Å². The van der Waals surface area contributed by atoms with E-state index in [4.69, 9.17) is 27.9 Å². The van der Waals surface area contributed by atoms with E-state index < -0.39 is 11.9 Å². The Hall–Kier alpha value is -2.70. The van der Waals surface area contributed by atoms with Gasteiger partial charge in [-0.3, -0.25) is 0 Å². The average Bonchev–Trinajstić information content (AvgIpc) is 2.64. The largest absolute Gasteiger partial charge is 0.466 e. The molecule has 6 nitrogen and oxygen atoms in total. The van der Waals surface area contributed by atoms with Crippen molar-refractivity contribution in [2.75, 3.05) is 19.5 Å². The number of anilines is 1. The van der Waals surface area contributed by atoms with Crippen LogP contribution in [0.5, 0.6) is 11.5 Å². The van der Waals surface area contributed by atoms with Gasteiger partial charge in [-0.2, -0.15) is 0 Å². The lowest BCUT2D eigenvalue weighted by molar-refractivity contribution is -0.138. The van der Waals surface area contributed by atoms with E-state index in [1.807, 2.05) is 0 Å². The number of hydrogen-bond donors (Lipinski definition) is 1. The fraction of sp³-hybridized carbons (Fsp3) is 0.111. The van der Waals surface area contributed by atoms with Crippen molar-refractivity contribution >= 4 is 40.8 Å². The quantitative estimate of drug-likeness (QED) is 0.575. The number of hydrogen-bond acceptors (Lipinski definition) is 6. The van der Waals surface area contributed by atoms with Crippen molar-refractivity contribution in [2.45, 2.75) is 0 Å². The number of nitrogens with one attached hydrogen (secondary N) is 1. The van der Waals surface area contributed by atoms with Gasteiger partial charge < -0.3 is 19.5 Å². The Morgan fingerprint density at radius 1 is 1.00 bits per heavy atom. The van der Waals surface area contributed by atoms with Gasteiger partial charge in [-0.15, -0.1) is 0 Å². The van der Waals surface area contributed by atoms with E-state index in [0.29, 0.717) is 27.2 Å². The molecule has 26 heavy (non-hydrogen) atoms. The Bertz CT molecular complexity index is 851. The summed E-state index contributed by atoms with van der Waals surface area (Å²) in [5, 5.41) is 3.61. The molecular weight excluding hydrogens is 381 g/mol. The van der Waals surface area contributed by atoms with Gasteiger partial charge in [0.1, 0.15) is 11.4 Å². The highest BCUT2D eigenvalue weighted by atomic mass is 35.5. The van der Waals surface area contributed by atoms with E-state index in [-0.39, 0.29) is 5.70 Å². The zero-order valence-electron chi connectivity index (χ0n) is 13.9. The van der Waals surface area contributed by atoms with Gasteiger partial charge >= 0.3 is 11.9 Å². The zero-order chi connectivity index (χ0) is 19.1. The molecule has 0 heterocycles. The predicted octanol–water partition coefficient (Wildman–Crippen LogP) is 4.43. The van der Waals surface area contributed by atoms with Gasteiger partial charge in [0.15, 0.2) is 5.75 Å². The lowest BCUT2D eigenvalue weighted by Gasteiger charge is -2.14. The van der Waals surface area contributed by atoms with Crippen LogP contribution in [0.4, 0.5) is 5.69 Å². The molecule has 0 radical (unpaired) electrons. The molecule has 0 aromatic heterocycles. The fourth-order valence-electron chi connectivity index (χ4n) is 1.91. The third-order valence-corrected chi connectivity index (χ3v) is 3.67. The number of rotatable bonds is 6. The predicted molar refractivity (Wildman–Crippen MR) is 98.7 cm³/mol. The van der Waals surface area contributed by atoms with Crippen LogP contribution in [0, 0.1) is 0 Å². The summed E-state index contributed by atoms with van der Waals surface area (Å²) in [6.07, 6.45) is 0.984. The third-order valence-electron chi connectivity index (χ3n) is 3.14. The van der Waals surface area contributed by atoms with E-state index in [1.165, 1.54) is 14.2 Å². The number of para-hydroxylation sites is 2. The minimum absolute atomic E-state index is 0.113. The molecule has 0 saturated carbocycles. The van der Waals surface area contributed by atoms with Crippen LogP contribution in [0.2, 0.25) is 10.0 Å². The minimum Gasteiger partial charge on any atom is -0.466 e. The van der Waals surface area contributed by atoms with Crippen molar-refractivity contribution in [3.8, 4) is 11.5 Å². The van der Waals surface area contributed by atoms with Gasteiger partial charge in [0.2, 0.25) is 0 Å². The number of carbonyl (C=O) groups excluding carboxylic acids is 2. The zero-order valence-corrected chi connectivity index (χ0v) is 15.4. The number of ether oxygens (including phenoxy) is 3. The van der Waals surface area contributed by atoms with Crippen molar-refractivity contribution < 1.29 is 23.8 Å². The Labute approximate surface area is 160 Å². The molecule has 2 aromatic rings. The molecule has 136 valence electrons. The highest BCUT2D eigenvalue weighted by Gasteiger charge is 2.15. The van der Waals surface area contributed by atoms with E-state index in [9.17, 15) is 9.59 Å². The molecule has 2 aromatic carbocycles. The second-order valence-corrected chi connectivity index (χ2v) is 5.71. The van der Waals surface area contributed by atoms with Gasteiger partial charge in [0, 0.05) is 5.02 Å². The molecule has 8 heteroatoms. The lowest BCUT2D eigenvalue weighted by Crippen LogP contribution is -2.15. The highest BCUT2D eigenvalue weighted by Crippen LogP contribution is 2.35. The van der Waals surface area contributed by atoms with Crippen LogP contribution in [0.1, 0.15) is 0 Å². The van der Waals surface area contributed by atoms with Gasteiger partial charge in [0.05, 0.1) is 31.0 Å². The van der Waals surface area contributed by atoms with Crippen molar-refractivity contribution in [1.29, 1.82) is 0 Å². The molecular formula is C18H15Cl2NO5. The minimum atomic E-state index is -0.741. The Balaban J connectivity index is 2.34. The Morgan fingerprint density at radius 3 is 2.38 bits per heavy atom. The molecule has 2 rings (SSSR count). The van der Waals surface area contributed by atoms with Gasteiger partial charge in [0.25, 0.3) is 0 Å². The molecule has 0 unspecified atom stereocenters. The average molecular weight is 396 g/mol. The van der Waals surface area contributed by atoms with Crippen molar-refractivity contribution in [2.24, 2.45) is 0 Å². The van der Waals surface area contributed by atoms with Crippen LogP contribution in [0.3, 0.4) is 0 Å². The summed E-state index contributed by atoms with van der Waals surface area (Å²) >= 11 is 12.0. The summed E-state index contributed by atoms with van der Waals surface area (Å²) in [4.78, 5) is 23.4. The van der Waals surface area contributed by atoms with Gasteiger partial charge in [-0.05, 0) is 30.3 Å². The van der Waals surface area contributed by atoms with E-state index in [0.717, 1.165) is 6.08 Å². The van der Waals surface area contributed by atoms with E-state index >= 15 is 0 Å². The molecule has 0 bridgehead atoms. The molecule has 0 fully saturated rings. The SMILES string of the molecule is COC(=O)C=C(Nc1ccccc1Oc1ccc(Cl)cc1Cl)C(=O)OC. The van der Waals surface area contributed by atoms with Crippen LogP contribution >= 0.6 is 23.2 Å². The van der Waals surface area contributed by atoms with Crippen LogP contribution in [0.15, 0.2) is 54.2 Å². The molecule has 0 aliphatic carbocycles. The summed E-state index contributed by atoms with van der Waals surface area (Å²) in [6.45, 7) is 0. The maximum atomic E-state index is 11.9. The normalized spacial score (nSPS) is 10.8. The van der Waals surface area contributed by atoms with Crippen molar-refractivity contribution in [3.05, 3.63) is 64.3 Å². The topological polar surface area (TPSA) is 73.9 Å². The summed E-state index contributed by atoms with van der Waals surface area (Å²) in [6, 6.07) is 11.6. The Morgan fingerprint density at radius 2 is 1.73 bits per heavy atom. The molecule has 0 aliphatic heterocycles. The first-order valence-electron chi connectivity index (χ1n) is 7.31. The molecule has 0 amide bonds.